The molecule has 82 heavy (non-hydrogen) atoms. The summed E-state index contributed by atoms with van der Waals surface area (Å²) in [5, 5.41) is 4.54. The second-order valence-corrected chi connectivity index (χ2v) is 21.4. The zero-order valence-corrected chi connectivity index (χ0v) is 45.3. The molecule has 0 bridgehead atoms. The fourth-order valence-electron chi connectivity index (χ4n) is 13.2. The van der Waals surface area contributed by atoms with Gasteiger partial charge >= 0.3 is 0 Å². The number of aromatic nitrogens is 2. The number of benzene rings is 10. The summed E-state index contributed by atoms with van der Waals surface area (Å²) in [6.45, 7) is 7.30. The monoisotopic (exact) mass is 1050 g/mol. The number of nitrogens with zero attached hydrogens (tertiary/aromatic N) is 6. The van der Waals surface area contributed by atoms with Crippen LogP contribution in [-0.2, 0) is 12.0 Å². The summed E-state index contributed by atoms with van der Waals surface area (Å²) in [7, 11) is 0. The minimum atomic E-state index is -0.645. The lowest BCUT2D eigenvalue weighted by atomic mass is 9.70. The molecule has 1 atom stereocenters. The van der Waals surface area contributed by atoms with Crippen LogP contribution in [0.1, 0.15) is 64.3 Å². The highest BCUT2D eigenvalue weighted by molar-refractivity contribution is 6.24. The second kappa shape index (κ2) is 19.7. The standard InChI is InChI=1S/C75H55N7/c1-48(51-23-7-3-8-24-51)78-74(54-29-13-6-14-30-54)79-49(2)81-68-37-21-17-33-60(68)62-43-44-63-61-34-18-22-38-69(61)82(71(63)70(62)81)55-40-42-59-57-32-16-20-36-65(57)75(67(59)46-55)64-35-19-15-31-56(64)58-41-39-50(45-66(58)75)47-77-73(53-27-11-5-12-28-53)80-72(76)52-25-9-4-10-26-52/h4-7,9-46H,2-3,8,47H2,1H3,(H2,76,77,80)/b78-48?,79-74-. The highest BCUT2D eigenvalue weighted by Gasteiger charge is 2.52. The van der Waals surface area contributed by atoms with Gasteiger partial charge in [-0.15, -0.1) is 0 Å². The van der Waals surface area contributed by atoms with Gasteiger partial charge in [-0.05, 0) is 99.7 Å². The van der Waals surface area contributed by atoms with Gasteiger partial charge in [-0.25, -0.2) is 15.0 Å². The van der Waals surface area contributed by atoms with Gasteiger partial charge in [0.05, 0.1) is 34.0 Å². The number of rotatable bonds is 9. The molecule has 7 heteroatoms. The first-order valence-corrected chi connectivity index (χ1v) is 28.1. The fraction of sp³-hybridized carbons (Fsp3) is 0.0667. The minimum absolute atomic E-state index is 0.402. The number of allylic oxidation sites excluding steroid dienone is 4. The molecule has 1 spiro atoms. The third-order valence-corrected chi connectivity index (χ3v) is 16.8. The van der Waals surface area contributed by atoms with E-state index in [1.165, 1.54) is 44.5 Å². The van der Waals surface area contributed by atoms with Gasteiger partial charge in [0.1, 0.15) is 11.7 Å². The van der Waals surface area contributed by atoms with Crippen LogP contribution in [0.15, 0.2) is 287 Å². The molecule has 1 unspecified atom stereocenters. The van der Waals surface area contributed by atoms with Crippen LogP contribution < -0.4 is 5.73 Å². The molecule has 15 rings (SSSR count). The zero-order chi connectivity index (χ0) is 54.9. The van der Waals surface area contributed by atoms with Crippen molar-refractivity contribution in [1.29, 1.82) is 0 Å². The number of fused-ring (bicyclic) bond motifs is 17. The Balaban J connectivity index is 0.944. The molecule has 2 heterocycles. The molecule has 0 aliphatic heterocycles. The van der Waals surface area contributed by atoms with Gasteiger partial charge in [0.2, 0.25) is 0 Å². The molecule has 390 valence electrons. The molecule has 0 radical (unpaired) electrons. The van der Waals surface area contributed by atoms with Gasteiger partial charge in [-0.3, -0.25) is 9.56 Å². The maximum absolute atomic E-state index is 6.69. The zero-order valence-electron chi connectivity index (χ0n) is 45.3. The summed E-state index contributed by atoms with van der Waals surface area (Å²) in [5.74, 6) is 2.18. The van der Waals surface area contributed by atoms with Crippen molar-refractivity contribution in [2.45, 2.75) is 31.7 Å². The van der Waals surface area contributed by atoms with Crippen LogP contribution in [0.3, 0.4) is 0 Å². The first kappa shape index (κ1) is 48.6. The van der Waals surface area contributed by atoms with E-state index in [-0.39, 0.29) is 0 Å². The number of aliphatic imine (C=N–C) groups is 4. The predicted octanol–water partition coefficient (Wildman–Crippen LogP) is 17.2. The molecular weight excluding hydrogens is 999 g/mol. The predicted molar refractivity (Wildman–Crippen MR) is 342 cm³/mol. The molecule has 0 saturated heterocycles. The van der Waals surface area contributed by atoms with Crippen molar-refractivity contribution in [3.05, 3.63) is 311 Å². The van der Waals surface area contributed by atoms with E-state index in [9.17, 15) is 0 Å². The highest BCUT2D eigenvalue weighted by atomic mass is 15.1. The lowest BCUT2D eigenvalue weighted by molar-refractivity contribution is 0.790. The Hall–Kier alpha value is -10.5. The molecule has 2 N–H and O–H groups in total. The van der Waals surface area contributed by atoms with Crippen molar-refractivity contribution in [2.75, 3.05) is 0 Å². The third kappa shape index (κ3) is 7.72. The highest BCUT2D eigenvalue weighted by Crippen LogP contribution is 2.63. The van der Waals surface area contributed by atoms with Crippen molar-refractivity contribution in [2.24, 2.45) is 25.7 Å². The van der Waals surface area contributed by atoms with Gasteiger partial charge in [0.25, 0.3) is 0 Å². The van der Waals surface area contributed by atoms with Gasteiger partial charge in [-0.2, -0.15) is 0 Å². The van der Waals surface area contributed by atoms with Crippen LogP contribution in [0, 0.1) is 0 Å². The van der Waals surface area contributed by atoms with Crippen LogP contribution >= 0.6 is 0 Å². The average molecular weight is 1050 g/mol. The van der Waals surface area contributed by atoms with Crippen molar-refractivity contribution < 1.29 is 0 Å². The lowest BCUT2D eigenvalue weighted by Gasteiger charge is -2.31. The summed E-state index contributed by atoms with van der Waals surface area (Å²) in [4.78, 5) is 20.9. The topological polar surface area (TPSA) is 85.3 Å². The van der Waals surface area contributed by atoms with Gasteiger partial charge < -0.3 is 10.3 Å². The van der Waals surface area contributed by atoms with Crippen LogP contribution in [-0.4, -0.2) is 32.4 Å². The van der Waals surface area contributed by atoms with Crippen molar-refractivity contribution in [3.8, 4) is 27.9 Å². The average Bonchev–Trinajstić information content (AvgIpc) is 1.97. The first-order valence-electron chi connectivity index (χ1n) is 28.1. The molecule has 7 nitrogen and oxygen atoms in total. The number of para-hydroxylation sites is 2. The summed E-state index contributed by atoms with van der Waals surface area (Å²) in [5.41, 5.74) is 27.0. The van der Waals surface area contributed by atoms with Crippen LogP contribution in [0.5, 0.6) is 0 Å². The van der Waals surface area contributed by atoms with E-state index in [0.29, 0.717) is 29.9 Å². The van der Waals surface area contributed by atoms with E-state index >= 15 is 0 Å². The number of hydrogen-bond donors (Lipinski definition) is 1. The molecule has 3 aliphatic rings. The Morgan fingerprint density at radius 3 is 1.71 bits per heavy atom. The summed E-state index contributed by atoms with van der Waals surface area (Å²) >= 11 is 0. The van der Waals surface area contributed by atoms with Gasteiger partial charge in [0, 0.05) is 49.6 Å². The maximum atomic E-state index is 6.69. The lowest BCUT2D eigenvalue weighted by Crippen LogP contribution is -2.26. The quantitative estimate of drug-likeness (QED) is 0.113. The Bertz CT molecular complexity index is 4780. The molecule has 0 amide bonds. The molecule has 0 fully saturated rings. The Labute approximate surface area is 476 Å². The van der Waals surface area contributed by atoms with E-state index < -0.39 is 5.41 Å². The van der Waals surface area contributed by atoms with Crippen LogP contribution in [0.25, 0.3) is 77.4 Å². The molecular formula is C75H55N7. The second-order valence-electron chi connectivity index (χ2n) is 21.4. The SMILES string of the molecule is C=C(/N=C(\N=C(C)C1=CCCC=C1)c1ccccc1)n1c2ccccc2c2ccc3c4ccccc4n(-c4ccc5c(c4)C4(c6ccccc6-c6ccc(CN=C(N=C(N)c7ccccc7)c7ccccc7)cc64)c4ccccc4-5)c3c21. The van der Waals surface area contributed by atoms with Gasteiger partial charge in [0.15, 0.2) is 11.7 Å². The number of amidine groups is 3. The van der Waals surface area contributed by atoms with Gasteiger partial charge in [-0.1, -0.05) is 237 Å². The van der Waals surface area contributed by atoms with Crippen LogP contribution in [0.4, 0.5) is 0 Å². The van der Waals surface area contributed by atoms with Crippen molar-refractivity contribution >= 4 is 72.7 Å². The van der Waals surface area contributed by atoms with E-state index in [0.717, 1.165) is 95.7 Å². The maximum Gasteiger partial charge on any atom is 0.161 e. The molecule has 3 aliphatic carbocycles. The summed E-state index contributed by atoms with van der Waals surface area (Å²) in [6.07, 6.45) is 8.67. The minimum Gasteiger partial charge on any atom is -0.383 e. The van der Waals surface area contributed by atoms with Crippen LogP contribution in [0.2, 0.25) is 0 Å². The molecule has 10 aromatic carbocycles. The van der Waals surface area contributed by atoms with Crippen molar-refractivity contribution in [3.63, 3.8) is 0 Å². The first-order chi connectivity index (χ1) is 40.4. The third-order valence-electron chi connectivity index (χ3n) is 16.8. The normalized spacial score (nSPS) is 15.8. The fourth-order valence-corrected chi connectivity index (χ4v) is 13.2. The largest absolute Gasteiger partial charge is 0.383 e. The smallest absolute Gasteiger partial charge is 0.161 e. The Morgan fingerprint density at radius 1 is 0.488 bits per heavy atom. The molecule has 2 aromatic heterocycles. The number of hydrogen-bond acceptors (Lipinski definition) is 2. The van der Waals surface area contributed by atoms with E-state index in [1.54, 1.807) is 0 Å². The number of nitrogens with two attached hydrogens (primary N) is 1. The van der Waals surface area contributed by atoms with E-state index in [1.807, 2.05) is 78.9 Å². The Kier molecular flexibility index (Phi) is 11.7. The summed E-state index contributed by atoms with van der Waals surface area (Å²) < 4.78 is 4.75. The molecule has 0 saturated carbocycles. The molecule has 12 aromatic rings. The van der Waals surface area contributed by atoms with E-state index in [2.05, 4.69) is 192 Å². The summed E-state index contributed by atoms with van der Waals surface area (Å²) in [6, 6.07) is 84.4. The Morgan fingerprint density at radius 2 is 1.04 bits per heavy atom. The van der Waals surface area contributed by atoms with Crippen molar-refractivity contribution in [1.82, 2.24) is 9.13 Å². The van der Waals surface area contributed by atoms with E-state index in [4.69, 9.17) is 32.3 Å².